The quantitative estimate of drug-likeness (QED) is 0.478. The number of halogens is 3. The Kier molecular flexibility index (Phi) is 6.26. The molecule has 0 amide bonds. The Morgan fingerprint density at radius 1 is 1.06 bits per heavy atom. The van der Waals surface area contributed by atoms with Crippen LogP contribution in [0.4, 0.5) is 14.5 Å². The van der Waals surface area contributed by atoms with Gasteiger partial charge in [0, 0.05) is 24.2 Å². The van der Waals surface area contributed by atoms with Crippen LogP contribution in [-0.2, 0) is 23.1 Å². The molecule has 1 heterocycles. The number of aryl methyl sites for hydroxylation is 1. The fraction of sp³-hybridized carbons (Fsp3) is 0.217. The van der Waals surface area contributed by atoms with Crippen molar-refractivity contribution in [1.82, 2.24) is 0 Å². The lowest BCUT2D eigenvalue weighted by molar-refractivity contribution is 0.300. The number of hydrogen-bond donors (Lipinski definition) is 0. The van der Waals surface area contributed by atoms with Crippen LogP contribution in [0.5, 0.6) is 11.5 Å². The highest BCUT2D eigenvalue weighted by Crippen LogP contribution is 2.36. The standard InChI is InChI=1S/C23H20ClF2NO4S/c1-30-23-13-17(9-10-21(23)26)32(28,29)27-11-3-4-15-7-8-16(12-22(15)27)31-14-18-19(24)5-2-6-20(18)25/h2,5-10,12-13H,3-4,11,14H2,1H3. The first-order valence-corrected chi connectivity index (χ1v) is 11.7. The van der Waals surface area contributed by atoms with E-state index < -0.39 is 21.7 Å². The summed E-state index contributed by atoms with van der Waals surface area (Å²) in [6.45, 7) is 0.157. The largest absolute Gasteiger partial charge is 0.494 e. The van der Waals surface area contributed by atoms with Crippen LogP contribution in [0, 0.1) is 11.6 Å². The molecule has 0 fully saturated rings. The Bertz CT molecular complexity index is 1250. The van der Waals surface area contributed by atoms with Crippen molar-refractivity contribution in [2.75, 3.05) is 18.0 Å². The molecule has 0 atom stereocenters. The van der Waals surface area contributed by atoms with Crippen molar-refractivity contribution in [3.8, 4) is 11.5 Å². The van der Waals surface area contributed by atoms with Crippen LogP contribution in [0.3, 0.4) is 0 Å². The van der Waals surface area contributed by atoms with Gasteiger partial charge in [-0.15, -0.1) is 0 Å². The van der Waals surface area contributed by atoms with E-state index in [4.69, 9.17) is 21.1 Å². The number of fused-ring (bicyclic) bond motifs is 1. The molecule has 0 saturated heterocycles. The van der Waals surface area contributed by atoms with Crippen LogP contribution < -0.4 is 13.8 Å². The van der Waals surface area contributed by atoms with Gasteiger partial charge in [-0.1, -0.05) is 23.7 Å². The Balaban J connectivity index is 1.65. The van der Waals surface area contributed by atoms with Gasteiger partial charge in [0.1, 0.15) is 18.2 Å². The molecule has 0 aromatic heterocycles. The van der Waals surface area contributed by atoms with Crippen molar-refractivity contribution < 1.29 is 26.7 Å². The summed E-state index contributed by atoms with van der Waals surface area (Å²) >= 11 is 6.05. The highest BCUT2D eigenvalue weighted by molar-refractivity contribution is 7.92. The van der Waals surface area contributed by atoms with Crippen LogP contribution in [0.25, 0.3) is 0 Å². The maximum absolute atomic E-state index is 14.0. The minimum atomic E-state index is -3.97. The second-order valence-electron chi connectivity index (χ2n) is 7.26. The van der Waals surface area contributed by atoms with Crippen molar-refractivity contribution in [3.05, 3.63) is 82.4 Å². The zero-order valence-electron chi connectivity index (χ0n) is 17.1. The maximum atomic E-state index is 14.0. The molecule has 168 valence electrons. The molecule has 0 saturated carbocycles. The molecule has 0 N–H and O–H groups in total. The van der Waals surface area contributed by atoms with E-state index in [9.17, 15) is 17.2 Å². The Morgan fingerprint density at radius 2 is 1.88 bits per heavy atom. The molecule has 1 aliphatic rings. The second kappa shape index (κ2) is 8.96. The number of anilines is 1. The SMILES string of the molecule is COc1cc(S(=O)(=O)N2CCCc3ccc(OCc4c(F)cccc4Cl)cc32)ccc1F. The molecule has 3 aromatic rings. The minimum Gasteiger partial charge on any atom is -0.494 e. The summed E-state index contributed by atoms with van der Waals surface area (Å²) in [7, 11) is -2.70. The third kappa shape index (κ3) is 4.25. The number of methoxy groups -OCH3 is 1. The van der Waals surface area contributed by atoms with Gasteiger partial charge in [0.25, 0.3) is 10.0 Å². The van der Waals surface area contributed by atoms with Crippen LogP contribution in [0.2, 0.25) is 5.02 Å². The Morgan fingerprint density at radius 3 is 2.62 bits per heavy atom. The third-order valence-corrected chi connectivity index (χ3v) is 7.45. The van der Waals surface area contributed by atoms with E-state index in [-0.39, 0.29) is 34.4 Å². The molecule has 0 spiro atoms. The summed E-state index contributed by atoms with van der Waals surface area (Å²) in [6, 6.07) is 12.9. The summed E-state index contributed by atoms with van der Waals surface area (Å²) in [6.07, 6.45) is 1.34. The van der Waals surface area contributed by atoms with Crippen LogP contribution in [0.15, 0.2) is 59.5 Å². The monoisotopic (exact) mass is 479 g/mol. The lowest BCUT2D eigenvalue weighted by atomic mass is 10.0. The molecular formula is C23H20ClF2NO4S. The second-order valence-corrected chi connectivity index (χ2v) is 9.53. The molecule has 9 heteroatoms. The van der Waals surface area contributed by atoms with Crippen molar-refractivity contribution in [1.29, 1.82) is 0 Å². The molecule has 0 aliphatic carbocycles. The summed E-state index contributed by atoms with van der Waals surface area (Å²) in [5.41, 5.74) is 1.52. The topological polar surface area (TPSA) is 55.8 Å². The van der Waals surface area contributed by atoms with Crippen molar-refractivity contribution in [3.63, 3.8) is 0 Å². The number of sulfonamides is 1. The first kappa shape index (κ1) is 22.4. The average molecular weight is 480 g/mol. The smallest absolute Gasteiger partial charge is 0.264 e. The zero-order chi connectivity index (χ0) is 22.9. The van der Waals surface area contributed by atoms with E-state index in [0.29, 0.717) is 24.3 Å². The highest BCUT2D eigenvalue weighted by atomic mass is 35.5. The van der Waals surface area contributed by atoms with Gasteiger partial charge in [0.15, 0.2) is 11.6 Å². The van der Waals surface area contributed by atoms with Crippen molar-refractivity contribution >= 4 is 27.3 Å². The average Bonchev–Trinajstić information content (AvgIpc) is 2.78. The molecule has 4 rings (SSSR count). The molecule has 0 bridgehead atoms. The van der Waals surface area contributed by atoms with Crippen LogP contribution in [0.1, 0.15) is 17.5 Å². The van der Waals surface area contributed by atoms with E-state index in [1.807, 2.05) is 0 Å². The summed E-state index contributed by atoms with van der Waals surface area (Å²) in [5.74, 6) is -0.901. The molecule has 32 heavy (non-hydrogen) atoms. The number of hydrogen-bond acceptors (Lipinski definition) is 4. The van der Waals surface area contributed by atoms with Crippen molar-refractivity contribution in [2.45, 2.75) is 24.3 Å². The molecule has 3 aromatic carbocycles. The lowest BCUT2D eigenvalue weighted by Gasteiger charge is -2.31. The lowest BCUT2D eigenvalue weighted by Crippen LogP contribution is -2.35. The Hall–Kier alpha value is -2.84. The van der Waals surface area contributed by atoms with E-state index in [2.05, 4.69) is 0 Å². The maximum Gasteiger partial charge on any atom is 0.264 e. The molecule has 5 nitrogen and oxygen atoms in total. The number of ether oxygens (including phenoxy) is 2. The van der Waals surface area contributed by atoms with Gasteiger partial charge in [-0.3, -0.25) is 4.31 Å². The fourth-order valence-corrected chi connectivity index (χ4v) is 5.38. The Labute approximate surface area is 190 Å². The van der Waals surface area contributed by atoms with E-state index >= 15 is 0 Å². The van der Waals surface area contributed by atoms with Crippen LogP contribution in [-0.4, -0.2) is 22.1 Å². The van der Waals surface area contributed by atoms with Gasteiger partial charge in [0.05, 0.1) is 22.7 Å². The number of nitrogens with zero attached hydrogens (tertiary/aromatic N) is 1. The van der Waals surface area contributed by atoms with Gasteiger partial charge in [-0.05, 0) is 48.7 Å². The van der Waals surface area contributed by atoms with Gasteiger partial charge in [-0.2, -0.15) is 0 Å². The molecule has 1 aliphatic heterocycles. The van der Waals surface area contributed by atoms with Gasteiger partial charge < -0.3 is 9.47 Å². The molecule has 0 unspecified atom stereocenters. The summed E-state index contributed by atoms with van der Waals surface area (Å²) in [4.78, 5) is -0.0759. The zero-order valence-corrected chi connectivity index (χ0v) is 18.7. The first-order valence-electron chi connectivity index (χ1n) is 9.86. The van der Waals surface area contributed by atoms with Gasteiger partial charge >= 0.3 is 0 Å². The molecule has 0 radical (unpaired) electrons. The summed E-state index contributed by atoms with van der Waals surface area (Å²) < 4.78 is 66.5. The first-order chi connectivity index (χ1) is 15.3. The summed E-state index contributed by atoms with van der Waals surface area (Å²) in [5, 5.41) is 0.248. The van der Waals surface area contributed by atoms with E-state index in [1.165, 1.54) is 35.7 Å². The fourth-order valence-electron chi connectivity index (χ4n) is 3.61. The number of rotatable bonds is 6. The number of benzene rings is 3. The third-order valence-electron chi connectivity index (χ3n) is 5.29. The van der Waals surface area contributed by atoms with Gasteiger partial charge in [0.2, 0.25) is 0 Å². The molecular weight excluding hydrogens is 460 g/mol. The predicted molar refractivity (Wildman–Crippen MR) is 118 cm³/mol. The van der Waals surface area contributed by atoms with Crippen LogP contribution >= 0.6 is 11.6 Å². The minimum absolute atomic E-state index is 0.0759. The van der Waals surface area contributed by atoms with Crippen molar-refractivity contribution in [2.24, 2.45) is 0 Å². The normalized spacial score (nSPS) is 13.6. The highest BCUT2D eigenvalue weighted by Gasteiger charge is 2.30. The van der Waals surface area contributed by atoms with E-state index in [0.717, 1.165) is 11.6 Å². The van der Waals surface area contributed by atoms with E-state index in [1.54, 1.807) is 24.3 Å². The predicted octanol–water partition coefficient (Wildman–Crippen LogP) is 5.35. The van der Waals surface area contributed by atoms with Gasteiger partial charge in [-0.25, -0.2) is 17.2 Å².